The van der Waals surface area contributed by atoms with Gasteiger partial charge in [0.25, 0.3) is 0 Å². The van der Waals surface area contributed by atoms with E-state index < -0.39 is 0 Å². The zero-order valence-electron chi connectivity index (χ0n) is 10.8. The van der Waals surface area contributed by atoms with Crippen LogP contribution < -0.4 is 0 Å². The molecule has 15 heavy (non-hydrogen) atoms. The zero-order valence-corrected chi connectivity index (χ0v) is 10.8. The second-order valence-corrected chi connectivity index (χ2v) is 5.57. The first-order valence-corrected chi connectivity index (χ1v) is 6.37. The summed E-state index contributed by atoms with van der Waals surface area (Å²) in [6, 6.07) is 0. The van der Waals surface area contributed by atoms with Crippen molar-refractivity contribution < 1.29 is 0 Å². The Kier molecular flexibility index (Phi) is 4.63. The molecule has 0 heterocycles. The first kappa shape index (κ1) is 12.5. The van der Waals surface area contributed by atoms with E-state index in [0.29, 0.717) is 5.92 Å². The van der Waals surface area contributed by atoms with Crippen molar-refractivity contribution in [2.45, 2.75) is 47.0 Å². The van der Waals surface area contributed by atoms with Gasteiger partial charge in [0.05, 0.1) is 0 Å². The van der Waals surface area contributed by atoms with E-state index in [0.717, 1.165) is 17.8 Å². The predicted molar refractivity (Wildman–Crippen MR) is 68.8 cm³/mol. The Balaban J connectivity index is 2.78. The number of hydrogen-bond donors (Lipinski definition) is 0. The first-order chi connectivity index (χ1) is 7.04. The Bertz CT molecular complexity index is 234. The minimum Gasteiger partial charge on any atom is -0.102 e. The third-order valence-corrected chi connectivity index (χ3v) is 3.68. The van der Waals surface area contributed by atoms with Crippen LogP contribution in [0.1, 0.15) is 47.0 Å². The van der Waals surface area contributed by atoms with Crippen molar-refractivity contribution in [3.8, 4) is 0 Å². The van der Waals surface area contributed by atoms with Crippen LogP contribution in [-0.2, 0) is 0 Å². The van der Waals surface area contributed by atoms with E-state index in [9.17, 15) is 0 Å². The fraction of sp³-hybridized carbons (Fsp3) is 0.733. The molecule has 0 aromatic heterocycles. The molecule has 1 fully saturated rings. The molecule has 0 aromatic carbocycles. The number of rotatable bonds is 3. The van der Waals surface area contributed by atoms with E-state index >= 15 is 0 Å². The van der Waals surface area contributed by atoms with E-state index in [4.69, 9.17) is 0 Å². The van der Waals surface area contributed by atoms with Crippen LogP contribution in [0.5, 0.6) is 0 Å². The largest absolute Gasteiger partial charge is 0.102 e. The van der Waals surface area contributed by atoms with E-state index in [-0.39, 0.29) is 0 Å². The highest BCUT2D eigenvalue weighted by atomic mass is 14.3. The molecule has 0 unspecified atom stereocenters. The SMILES string of the molecule is C=C[C@@H](C)/C=C1\C[C@H](C)CC[C@H]1C(C)C. The van der Waals surface area contributed by atoms with Crippen LogP contribution >= 0.6 is 0 Å². The summed E-state index contributed by atoms with van der Waals surface area (Å²) in [6.07, 6.45) is 8.59. The van der Waals surface area contributed by atoms with Crippen LogP contribution in [0, 0.1) is 23.7 Å². The Labute approximate surface area is 95.5 Å². The molecule has 0 aromatic rings. The summed E-state index contributed by atoms with van der Waals surface area (Å²) in [6.45, 7) is 13.2. The molecule has 0 radical (unpaired) electrons. The van der Waals surface area contributed by atoms with Crippen LogP contribution in [0.15, 0.2) is 24.3 Å². The van der Waals surface area contributed by atoms with Gasteiger partial charge in [-0.2, -0.15) is 0 Å². The molecule has 0 saturated heterocycles. The summed E-state index contributed by atoms with van der Waals surface area (Å²) < 4.78 is 0. The lowest BCUT2D eigenvalue weighted by atomic mass is 9.73. The van der Waals surface area contributed by atoms with E-state index in [1.807, 2.05) is 6.08 Å². The van der Waals surface area contributed by atoms with Gasteiger partial charge in [0.2, 0.25) is 0 Å². The highest BCUT2D eigenvalue weighted by Crippen LogP contribution is 2.38. The van der Waals surface area contributed by atoms with Gasteiger partial charge in [-0.3, -0.25) is 0 Å². The molecule has 1 aliphatic carbocycles. The smallest absolute Gasteiger partial charge is 0.00818 e. The molecule has 0 heteroatoms. The molecular formula is C15H26. The first-order valence-electron chi connectivity index (χ1n) is 6.37. The highest BCUT2D eigenvalue weighted by molar-refractivity contribution is 5.14. The lowest BCUT2D eigenvalue weighted by Gasteiger charge is -2.32. The van der Waals surface area contributed by atoms with Crippen molar-refractivity contribution in [2.24, 2.45) is 23.7 Å². The second-order valence-electron chi connectivity index (χ2n) is 5.57. The van der Waals surface area contributed by atoms with E-state index in [2.05, 4.69) is 40.3 Å². The second kappa shape index (κ2) is 5.53. The van der Waals surface area contributed by atoms with E-state index in [1.165, 1.54) is 19.3 Å². The van der Waals surface area contributed by atoms with Crippen molar-refractivity contribution in [3.63, 3.8) is 0 Å². The summed E-state index contributed by atoms with van der Waals surface area (Å²) in [7, 11) is 0. The number of allylic oxidation sites excluding steroid dienone is 3. The predicted octanol–water partition coefficient (Wildman–Crippen LogP) is 4.83. The average Bonchev–Trinajstić information content (AvgIpc) is 2.17. The molecule has 0 N–H and O–H groups in total. The molecule has 1 rings (SSSR count). The summed E-state index contributed by atoms with van der Waals surface area (Å²) in [5.41, 5.74) is 1.69. The monoisotopic (exact) mass is 206 g/mol. The van der Waals surface area contributed by atoms with Crippen LogP contribution in [0.3, 0.4) is 0 Å². The van der Waals surface area contributed by atoms with Crippen LogP contribution in [0.2, 0.25) is 0 Å². The Morgan fingerprint density at radius 2 is 1.93 bits per heavy atom. The van der Waals surface area contributed by atoms with Gasteiger partial charge in [0.1, 0.15) is 0 Å². The molecule has 0 aliphatic heterocycles. The third kappa shape index (κ3) is 3.52. The topological polar surface area (TPSA) is 0 Å². The molecule has 3 atom stereocenters. The minimum absolute atomic E-state index is 0.534. The Morgan fingerprint density at radius 1 is 1.27 bits per heavy atom. The minimum atomic E-state index is 0.534. The molecular weight excluding hydrogens is 180 g/mol. The standard InChI is InChI=1S/C15H26/c1-6-12(4)9-14-10-13(5)7-8-15(14)11(2)3/h6,9,11-13,15H,1,7-8,10H2,2-5H3/b14-9+/t12-,13-,15+/m1/s1. The fourth-order valence-corrected chi connectivity index (χ4v) is 2.66. The van der Waals surface area contributed by atoms with Crippen molar-refractivity contribution in [3.05, 3.63) is 24.3 Å². The van der Waals surface area contributed by atoms with Crippen molar-refractivity contribution in [1.29, 1.82) is 0 Å². The van der Waals surface area contributed by atoms with Crippen molar-refractivity contribution in [1.82, 2.24) is 0 Å². The summed E-state index contributed by atoms with van der Waals surface area (Å²) >= 11 is 0. The summed E-state index contributed by atoms with van der Waals surface area (Å²) in [5.74, 6) is 3.03. The van der Waals surface area contributed by atoms with E-state index in [1.54, 1.807) is 5.57 Å². The quantitative estimate of drug-likeness (QED) is 0.580. The van der Waals surface area contributed by atoms with Crippen LogP contribution in [0.25, 0.3) is 0 Å². The molecule has 1 aliphatic rings. The maximum absolute atomic E-state index is 3.87. The van der Waals surface area contributed by atoms with Crippen molar-refractivity contribution in [2.75, 3.05) is 0 Å². The van der Waals surface area contributed by atoms with Crippen LogP contribution in [0.4, 0.5) is 0 Å². The molecule has 0 nitrogen and oxygen atoms in total. The Morgan fingerprint density at radius 3 is 2.47 bits per heavy atom. The van der Waals surface area contributed by atoms with Gasteiger partial charge in [-0.05, 0) is 42.9 Å². The maximum atomic E-state index is 3.87. The molecule has 0 bridgehead atoms. The number of hydrogen-bond acceptors (Lipinski definition) is 0. The van der Waals surface area contributed by atoms with Gasteiger partial charge in [-0.25, -0.2) is 0 Å². The summed E-state index contributed by atoms with van der Waals surface area (Å²) in [5, 5.41) is 0. The van der Waals surface area contributed by atoms with Gasteiger partial charge >= 0.3 is 0 Å². The zero-order chi connectivity index (χ0) is 11.4. The van der Waals surface area contributed by atoms with Crippen LogP contribution in [-0.4, -0.2) is 0 Å². The Hall–Kier alpha value is -0.520. The lowest BCUT2D eigenvalue weighted by molar-refractivity contribution is 0.306. The molecule has 0 amide bonds. The van der Waals surface area contributed by atoms with Gasteiger partial charge in [0.15, 0.2) is 0 Å². The van der Waals surface area contributed by atoms with Gasteiger partial charge in [-0.1, -0.05) is 45.4 Å². The molecule has 0 spiro atoms. The van der Waals surface area contributed by atoms with Gasteiger partial charge in [-0.15, -0.1) is 6.58 Å². The average molecular weight is 206 g/mol. The fourth-order valence-electron chi connectivity index (χ4n) is 2.66. The lowest BCUT2D eigenvalue weighted by Crippen LogP contribution is -2.20. The molecule has 1 saturated carbocycles. The maximum Gasteiger partial charge on any atom is -0.00818 e. The highest BCUT2D eigenvalue weighted by Gasteiger charge is 2.25. The summed E-state index contributed by atoms with van der Waals surface area (Å²) in [4.78, 5) is 0. The third-order valence-electron chi connectivity index (χ3n) is 3.68. The van der Waals surface area contributed by atoms with Gasteiger partial charge < -0.3 is 0 Å². The van der Waals surface area contributed by atoms with Crippen molar-refractivity contribution >= 4 is 0 Å². The molecule has 86 valence electrons. The normalized spacial score (nSPS) is 31.9. The van der Waals surface area contributed by atoms with Gasteiger partial charge in [0, 0.05) is 0 Å².